The molecule has 0 bridgehead atoms. The van der Waals surface area contributed by atoms with Crippen LogP contribution in [0.15, 0.2) is 51.1 Å². The van der Waals surface area contributed by atoms with Gasteiger partial charge >= 0.3 is 5.69 Å². The van der Waals surface area contributed by atoms with Crippen molar-refractivity contribution in [1.82, 2.24) is 24.1 Å². The summed E-state index contributed by atoms with van der Waals surface area (Å²) in [6, 6.07) is 7.83. The maximum Gasteiger partial charge on any atom is 0.352 e. The number of terminal acetylenes is 1. The molecule has 1 fully saturated rings. The van der Waals surface area contributed by atoms with Crippen molar-refractivity contribution < 1.29 is 26.9 Å². The molecular weight excluding hydrogens is 773 g/mol. The zero-order valence-electron chi connectivity index (χ0n) is 31.3. The van der Waals surface area contributed by atoms with Crippen LogP contribution in [0, 0.1) is 131 Å². The number of fused-ring (bicyclic) bond motifs is 3. The topological polar surface area (TPSA) is 163 Å². The number of aryl methyl sites for hydroxylation is 1. The predicted molar refractivity (Wildman–Crippen MR) is 243 cm³/mol. The van der Waals surface area contributed by atoms with Crippen molar-refractivity contribution in [2.45, 2.75) is 39.8 Å². The van der Waals surface area contributed by atoms with Crippen molar-refractivity contribution in [3.05, 3.63) is 62.3 Å². The third-order valence-electron chi connectivity index (χ3n) is 7.15. The van der Waals surface area contributed by atoms with Crippen LogP contribution in [0.4, 0.5) is 0 Å². The molecule has 0 atom stereocenters. The molecule has 0 saturated carbocycles. The number of nitrogens with two attached hydrogens (primary N) is 1. The minimum absolute atomic E-state index is 0. The summed E-state index contributed by atoms with van der Waals surface area (Å²) in [6.45, 7) is 7.55. The third-order valence-corrected chi connectivity index (χ3v) is 8.59. The van der Waals surface area contributed by atoms with Crippen LogP contribution in [-0.2, 0) is 17.4 Å². The number of hydrogen-bond donors (Lipinski definition) is 2. The highest BCUT2D eigenvalue weighted by Gasteiger charge is 2.22. The summed E-state index contributed by atoms with van der Waals surface area (Å²) in [5, 5.41) is 22.8. The Morgan fingerprint density at radius 1 is 0.931 bits per heavy atom. The van der Waals surface area contributed by atoms with E-state index in [1.54, 1.807) is 25.4 Å². The average molecular weight is 821 g/mol. The van der Waals surface area contributed by atoms with Crippen molar-refractivity contribution in [3.63, 3.8) is 0 Å². The lowest BCUT2D eigenvalue weighted by Gasteiger charge is -2.13. The molecule has 0 radical (unpaired) electrons. The largest absolute Gasteiger partial charge is 0.497 e. The second kappa shape index (κ2) is 25.8. The maximum atomic E-state index is 13.2. The summed E-state index contributed by atoms with van der Waals surface area (Å²) in [4.78, 5) is 22.4. The summed E-state index contributed by atoms with van der Waals surface area (Å²) in [7, 11) is 1.65. The molecule has 4 aromatic rings. The monoisotopic (exact) mass is 820 g/mol. The Bertz CT molecular complexity index is 2900. The molecule has 1 aliphatic rings. The molecule has 5 rings (SSSR count). The van der Waals surface area contributed by atoms with E-state index >= 15 is 0 Å². The smallest absolute Gasteiger partial charge is 0.352 e. The van der Waals surface area contributed by atoms with E-state index in [2.05, 4.69) is 173 Å². The van der Waals surface area contributed by atoms with E-state index in [4.69, 9.17) is 11.2 Å². The van der Waals surface area contributed by atoms with E-state index in [1.807, 2.05) is 28.8 Å². The van der Waals surface area contributed by atoms with Gasteiger partial charge in [-0.05, 0) is 158 Å². The quantitative estimate of drug-likeness (QED) is 0.0580. The van der Waals surface area contributed by atoms with Gasteiger partial charge in [-0.3, -0.25) is 15.3 Å². The highest BCUT2D eigenvalue weighted by molar-refractivity contribution is 7.74. The SMILES string of the molecule is C#CC#CC#CC#CC#CC#CC#CC#CC#CC#CC.COc1ccc(Cn2c(=O)n3ncnc3c3c(C)c(CN4CCCC4)sc32)cc1.NN=NN=[N+]([O-])OS.[HH].[HH].[HH].[HH].[HH].[HH].[HH].[HH].[HH]. The van der Waals surface area contributed by atoms with Crippen LogP contribution >= 0.6 is 24.2 Å². The Kier molecular flexibility index (Phi) is 19.7. The van der Waals surface area contributed by atoms with Crippen LogP contribution in [0.1, 0.15) is 48.6 Å². The summed E-state index contributed by atoms with van der Waals surface area (Å²) < 4.78 is 12.1. The van der Waals surface area contributed by atoms with Crippen molar-refractivity contribution in [1.29, 1.82) is 0 Å². The number of thiol groups is 1. The summed E-state index contributed by atoms with van der Waals surface area (Å²) in [5.74, 6) is 52.2. The van der Waals surface area contributed by atoms with E-state index < -0.39 is 0 Å². The van der Waals surface area contributed by atoms with E-state index in [0.717, 1.165) is 41.2 Å². The van der Waals surface area contributed by atoms with Crippen molar-refractivity contribution in [2.24, 2.45) is 21.5 Å². The fourth-order valence-electron chi connectivity index (χ4n) is 4.74. The molecule has 14 nitrogen and oxygen atoms in total. The molecule has 0 spiro atoms. The Morgan fingerprint density at radius 3 is 1.98 bits per heavy atom. The van der Waals surface area contributed by atoms with E-state index in [1.165, 1.54) is 34.1 Å². The van der Waals surface area contributed by atoms with Gasteiger partial charge in [0.25, 0.3) is 0 Å². The Morgan fingerprint density at radius 2 is 1.48 bits per heavy atom. The second-order valence-corrected chi connectivity index (χ2v) is 11.9. The first-order valence-electron chi connectivity index (χ1n) is 16.5. The van der Waals surface area contributed by atoms with Gasteiger partial charge < -0.3 is 14.2 Å². The van der Waals surface area contributed by atoms with Crippen LogP contribution in [0.25, 0.3) is 15.9 Å². The Balaban J connectivity index is -0.000000171. The molecule has 3 aromatic heterocycles. The van der Waals surface area contributed by atoms with Gasteiger partial charge in [-0.2, -0.15) is 9.61 Å². The molecule has 16 heteroatoms. The van der Waals surface area contributed by atoms with Crippen molar-refractivity contribution >= 4 is 40.1 Å². The van der Waals surface area contributed by atoms with E-state index in [0.29, 0.717) is 12.2 Å². The number of aromatic nitrogens is 4. The van der Waals surface area contributed by atoms with Crippen LogP contribution < -0.4 is 16.3 Å². The number of hydrogen-bond acceptors (Lipinski definition) is 10. The summed E-state index contributed by atoms with van der Waals surface area (Å²) >= 11 is 4.78. The lowest BCUT2D eigenvalue weighted by Crippen LogP contribution is -2.27. The zero-order valence-corrected chi connectivity index (χ0v) is 33.0. The highest BCUT2D eigenvalue weighted by atomic mass is 32.1. The normalized spacial score (nSPS) is 10.6. The molecular formula is C42H48N10O4S2. The van der Waals surface area contributed by atoms with Gasteiger partial charge in [-0.25, -0.2) is 9.78 Å². The molecule has 1 aliphatic heterocycles. The number of methoxy groups -OCH3 is 1. The maximum absolute atomic E-state index is 13.2. The molecule has 0 unspecified atom stereocenters. The first kappa shape index (κ1) is 44.2. The number of ether oxygens (including phenoxy) is 1. The standard InChI is InChI=1S/C21H23N5O2S.C21H4.H3N5O2S.9H2/c1-14-17(12-24-9-3-4-10-24)29-20-18(14)19-22-13-23-26(19)21(27)25(20)11-15-5-7-16(28-2)8-6-15;1-3-5-7-9-11-13-15-17-19-21-20-18-16-14-12-10-8-6-4-2;1-2-3-4-5(6)7-8;;;;;;;;;/h5-8,13H,3-4,9-12H2,1-2H3;1H,2H3;8H,(H2,1,3);9*1H. The molecule has 302 valence electrons. The molecule has 2 N–H and O–H groups in total. The van der Waals surface area contributed by atoms with Gasteiger partial charge in [0, 0.05) is 36.1 Å². The van der Waals surface area contributed by atoms with Crippen LogP contribution in [0.5, 0.6) is 5.75 Å². The van der Waals surface area contributed by atoms with Gasteiger partial charge in [0.15, 0.2) is 5.65 Å². The lowest BCUT2D eigenvalue weighted by atomic mass is 10.2. The first-order valence-corrected chi connectivity index (χ1v) is 17.7. The number of likely N-dealkylation sites (tertiary alicyclic amines) is 1. The van der Waals surface area contributed by atoms with E-state index in [9.17, 15) is 10.0 Å². The molecule has 1 aromatic carbocycles. The minimum atomic E-state index is -0.264. The fraction of sp³-hybridized carbons (Fsp3) is 0.214. The number of benzene rings is 1. The summed E-state index contributed by atoms with van der Waals surface area (Å²) in [6.07, 6.45) is 8.89. The van der Waals surface area contributed by atoms with Crippen LogP contribution in [-0.4, -0.2) is 49.3 Å². The molecule has 4 heterocycles. The fourth-order valence-corrected chi connectivity index (χ4v) is 6.11. The number of rotatable bonds is 7. The Hall–Kier alpha value is -8.16. The second-order valence-electron chi connectivity index (χ2n) is 10.7. The Labute approximate surface area is 358 Å². The first-order chi connectivity index (χ1) is 28.4. The van der Waals surface area contributed by atoms with Crippen LogP contribution in [0.3, 0.4) is 0 Å². The van der Waals surface area contributed by atoms with E-state index in [-0.39, 0.29) is 23.6 Å². The summed E-state index contributed by atoms with van der Waals surface area (Å²) in [5.41, 5.74) is 2.74. The average Bonchev–Trinajstić information content (AvgIpc) is 4.02. The number of nitrogens with zero attached hydrogens (tertiary/aromatic N) is 9. The highest BCUT2D eigenvalue weighted by Crippen LogP contribution is 2.34. The number of thiophene rings is 1. The molecule has 0 amide bonds. The zero-order chi connectivity index (χ0) is 41.8. The molecule has 0 aliphatic carbocycles. The minimum Gasteiger partial charge on any atom is -0.497 e. The third kappa shape index (κ3) is 14.6. The van der Waals surface area contributed by atoms with Gasteiger partial charge in [0.2, 0.25) is 10.4 Å². The lowest BCUT2D eigenvalue weighted by molar-refractivity contribution is -0.744. The van der Waals surface area contributed by atoms with Crippen molar-refractivity contribution in [3.8, 4) is 125 Å². The predicted octanol–water partition coefficient (Wildman–Crippen LogP) is 5.92. The van der Waals surface area contributed by atoms with Gasteiger partial charge in [-0.15, -0.1) is 17.8 Å². The van der Waals surface area contributed by atoms with Gasteiger partial charge in [0.1, 0.15) is 16.9 Å². The van der Waals surface area contributed by atoms with Crippen LogP contribution in [0.2, 0.25) is 0 Å². The molecule has 1 saturated heterocycles. The van der Waals surface area contributed by atoms with Gasteiger partial charge in [-0.1, -0.05) is 31.0 Å². The van der Waals surface area contributed by atoms with Crippen molar-refractivity contribution in [2.75, 3.05) is 20.2 Å². The molecule has 58 heavy (non-hydrogen) atoms. The van der Waals surface area contributed by atoms with Gasteiger partial charge in [0.05, 0.1) is 29.3 Å².